The van der Waals surface area contributed by atoms with Crippen LogP contribution in [0.25, 0.3) is 0 Å². The van der Waals surface area contributed by atoms with Gasteiger partial charge in [0, 0.05) is 24.8 Å². The second-order valence-corrected chi connectivity index (χ2v) is 5.80. The Bertz CT molecular complexity index is 418. The number of carbonyl (C=O) groups excluding carboxylic acids is 1. The quantitative estimate of drug-likeness (QED) is 0.765. The largest absolute Gasteiger partial charge is 0.302 e. The van der Waals surface area contributed by atoms with Crippen molar-refractivity contribution in [1.82, 2.24) is 4.90 Å². The normalized spacial score (nSPS) is 19.4. The lowest BCUT2D eigenvalue weighted by atomic mass is 10.1. The number of hydrogen-bond acceptors (Lipinski definition) is 3. The molecule has 0 radical (unpaired) electrons. The fourth-order valence-electron chi connectivity index (χ4n) is 2.15. The standard InChI is InChI=1S/C14H18FNOS/c1-16(11-7-9-18-10-11)8-6-14(17)12-4-2-3-5-13(12)15/h2-5,11H,6-10H2,1H3. The predicted molar refractivity (Wildman–Crippen MR) is 73.7 cm³/mol. The van der Waals surface area contributed by atoms with Crippen molar-refractivity contribution in [3.63, 3.8) is 0 Å². The molecule has 1 heterocycles. The van der Waals surface area contributed by atoms with Gasteiger partial charge in [-0.25, -0.2) is 4.39 Å². The van der Waals surface area contributed by atoms with Gasteiger partial charge in [0.1, 0.15) is 5.82 Å². The van der Waals surface area contributed by atoms with E-state index in [2.05, 4.69) is 4.90 Å². The van der Waals surface area contributed by atoms with Gasteiger partial charge in [-0.2, -0.15) is 11.8 Å². The predicted octanol–water partition coefficient (Wildman–Crippen LogP) is 2.84. The van der Waals surface area contributed by atoms with E-state index < -0.39 is 5.82 Å². The van der Waals surface area contributed by atoms with E-state index in [-0.39, 0.29) is 11.3 Å². The third-order valence-electron chi connectivity index (χ3n) is 3.39. The summed E-state index contributed by atoms with van der Waals surface area (Å²) in [6.07, 6.45) is 1.58. The minimum Gasteiger partial charge on any atom is -0.302 e. The van der Waals surface area contributed by atoms with Gasteiger partial charge >= 0.3 is 0 Å². The molecule has 1 atom stereocenters. The van der Waals surface area contributed by atoms with Crippen molar-refractivity contribution in [2.45, 2.75) is 18.9 Å². The average molecular weight is 267 g/mol. The van der Waals surface area contributed by atoms with Crippen molar-refractivity contribution >= 4 is 17.5 Å². The molecule has 1 aliphatic heterocycles. The van der Waals surface area contributed by atoms with Crippen LogP contribution in [0.2, 0.25) is 0 Å². The van der Waals surface area contributed by atoms with E-state index in [4.69, 9.17) is 0 Å². The lowest BCUT2D eigenvalue weighted by molar-refractivity contribution is 0.0959. The number of thioether (sulfide) groups is 1. The van der Waals surface area contributed by atoms with Crippen molar-refractivity contribution < 1.29 is 9.18 Å². The van der Waals surface area contributed by atoms with Crippen LogP contribution in [0.15, 0.2) is 24.3 Å². The van der Waals surface area contributed by atoms with Crippen molar-refractivity contribution in [3.8, 4) is 0 Å². The Hall–Kier alpha value is -0.870. The number of carbonyl (C=O) groups is 1. The number of hydrogen-bond donors (Lipinski definition) is 0. The highest BCUT2D eigenvalue weighted by Crippen LogP contribution is 2.21. The molecule has 0 amide bonds. The molecular formula is C14H18FNOS. The third kappa shape index (κ3) is 3.33. The molecule has 1 unspecified atom stereocenters. The number of rotatable bonds is 5. The van der Waals surface area contributed by atoms with Gasteiger partial charge in [-0.3, -0.25) is 4.79 Å². The molecule has 1 aromatic rings. The monoisotopic (exact) mass is 267 g/mol. The summed E-state index contributed by atoms with van der Waals surface area (Å²) < 4.78 is 13.4. The van der Waals surface area contributed by atoms with Gasteiger partial charge in [-0.15, -0.1) is 0 Å². The lowest BCUT2D eigenvalue weighted by Gasteiger charge is -2.22. The summed E-state index contributed by atoms with van der Waals surface area (Å²) in [6.45, 7) is 0.707. The summed E-state index contributed by atoms with van der Waals surface area (Å²) in [5.41, 5.74) is 0.215. The van der Waals surface area contributed by atoms with E-state index >= 15 is 0 Å². The minimum absolute atomic E-state index is 0.106. The summed E-state index contributed by atoms with van der Waals surface area (Å²) in [6, 6.07) is 6.78. The van der Waals surface area contributed by atoms with Crippen LogP contribution in [0.1, 0.15) is 23.2 Å². The zero-order chi connectivity index (χ0) is 13.0. The molecule has 0 N–H and O–H groups in total. The van der Waals surface area contributed by atoms with Crippen LogP contribution in [0.4, 0.5) is 4.39 Å². The topological polar surface area (TPSA) is 20.3 Å². The molecule has 4 heteroatoms. The highest BCUT2D eigenvalue weighted by atomic mass is 32.2. The molecule has 0 aromatic heterocycles. The van der Waals surface area contributed by atoms with Crippen LogP contribution in [-0.4, -0.2) is 41.8 Å². The Labute approximate surface area is 112 Å². The Morgan fingerprint density at radius 1 is 1.50 bits per heavy atom. The number of halogens is 1. The Morgan fingerprint density at radius 2 is 2.28 bits per heavy atom. The van der Waals surface area contributed by atoms with Crippen molar-refractivity contribution in [1.29, 1.82) is 0 Å². The first-order chi connectivity index (χ1) is 8.68. The first kappa shape index (κ1) is 13.6. The molecule has 0 saturated carbocycles. The maximum absolute atomic E-state index is 13.4. The maximum Gasteiger partial charge on any atom is 0.167 e. The summed E-state index contributed by atoms with van der Waals surface area (Å²) in [5.74, 6) is 1.83. The van der Waals surface area contributed by atoms with Gasteiger partial charge in [0.2, 0.25) is 0 Å². The smallest absolute Gasteiger partial charge is 0.167 e. The first-order valence-electron chi connectivity index (χ1n) is 6.24. The molecule has 1 fully saturated rings. The molecule has 0 bridgehead atoms. The molecule has 0 aliphatic carbocycles. The van der Waals surface area contributed by atoms with Crippen LogP contribution in [0.3, 0.4) is 0 Å². The molecular weight excluding hydrogens is 249 g/mol. The van der Waals surface area contributed by atoms with E-state index in [1.54, 1.807) is 18.2 Å². The summed E-state index contributed by atoms with van der Waals surface area (Å²) >= 11 is 1.96. The molecule has 1 aromatic carbocycles. The van der Waals surface area contributed by atoms with Gasteiger partial charge < -0.3 is 4.90 Å². The highest BCUT2D eigenvalue weighted by Gasteiger charge is 2.20. The highest BCUT2D eigenvalue weighted by molar-refractivity contribution is 7.99. The van der Waals surface area contributed by atoms with Crippen LogP contribution in [0.5, 0.6) is 0 Å². The van der Waals surface area contributed by atoms with E-state index in [0.29, 0.717) is 19.0 Å². The van der Waals surface area contributed by atoms with Gasteiger partial charge in [0.25, 0.3) is 0 Å². The van der Waals surface area contributed by atoms with Crippen molar-refractivity contribution in [2.24, 2.45) is 0 Å². The lowest BCUT2D eigenvalue weighted by Crippen LogP contribution is -2.33. The van der Waals surface area contributed by atoms with Gasteiger partial charge in [-0.05, 0) is 31.4 Å². The van der Waals surface area contributed by atoms with Crippen LogP contribution in [0, 0.1) is 5.82 Å². The molecule has 18 heavy (non-hydrogen) atoms. The number of ketones is 1. The zero-order valence-electron chi connectivity index (χ0n) is 10.6. The second-order valence-electron chi connectivity index (χ2n) is 4.65. The van der Waals surface area contributed by atoms with Crippen LogP contribution in [-0.2, 0) is 0 Å². The second kappa shape index (κ2) is 6.34. The molecule has 0 spiro atoms. The zero-order valence-corrected chi connectivity index (χ0v) is 11.4. The van der Waals surface area contributed by atoms with Crippen molar-refractivity contribution in [3.05, 3.63) is 35.6 Å². The Morgan fingerprint density at radius 3 is 2.94 bits per heavy atom. The average Bonchev–Trinajstić information content (AvgIpc) is 2.90. The van der Waals surface area contributed by atoms with Gasteiger partial charge in [-0.1, -0.05) is 12.1 Å². The van der Waals surface area contributed by atoms with E-state index in [9.17, 15) is 9.18 Å². The fraction of sp³-hybridized carbons (Fsp3) is 0.500. The number of nitrogens with zero attached hydrogens (tertiary/aromatic N) is 1. The number of Topliss-reactive ketones (excluding diaryl/α,β-unsaturated/α-hetero) is 1. The SMILES string of the molecule is CN(CCC(=O)c1ccccc1F)C1CCSC1. The molecule has 2 rings (SSSR count). The maximum atomic E-state index is 13.4. The molecule has 1 aliphatic rings. The van der Waals surface area contributed by atoms with E-state index in [1.165, 1.54) is 18.2 Å². The number of benzene rings is 1. The molecule has 1 saturated heterocycles. The van der Waals surface area contributed by atoms with Gasteiger partial charge in [0.15, 0.2) is 5.78 Å². The van der Waals surface area contributed by atoms with Crippen LogP contribution >= 0.6 is 11.8 Å². The summed E-state index contributed by atoms with van der Waals surface area (Å²) in [5, 5.41) is 0. The Balaban J connectivity index is 1.86. The molecule has 98 valence electrons. The Kier molecular flexibility index (Phi) is 4.78. The summed E-state index contributed by atoms with van der Waals surface area (Å²) in [4.78, 5) is 14.1. The summed E-state index contributed by atoms with van der Waals surface area (Å²) in [7, 11) is 2.05. The van der Waals surface area contributed by atoms with Crippen molar-refractivity contribution in [2.75, 3.05) is 25.1 Å². The van der Waals surface area contributed by atoms with Crippen LogP contribution < -0.4 is 0 Å². The molecule has 2 nitrogen and oxygen atoms in total. The fourth-order valence-corrected chi connectivity index (χ4v) is 3.45. The minimum atomic E-state index is -0.415. The van der Waals surface area contributed by atoms with E-state index in [1.807, 2.05) is 18.8 Å². The third-order valence-corrected chi connectivity index (χ3v) is 4.54. The van der Waals surface area contributed by atoms with E-state index in [0.717, 1.165) is 5.75 Å². The first-order valence-corrected chi connectivity index (χ1v) is 7.39. The van der Waals surface area contributed by atoms with Gasteiger partial charge in [0.05, 0.1) is 5.56 Å².